The van der Waals surface area contributed by atoms with Crippen LogP contribution in [0.1, 0.15) is 48.8 Å². The van der Waals surface area contributed by atoms with Crippen molar-refractivity contribution in [2.75, 3.05) is 0 Å². The van der Waals surface area contributed by atoms with E-state index in [0.29, 0.717) is 6.04 Å². The van der Waals surface area contributed by atoms with Crippen molar-refractivity contribution < 1.29 is 0 Å². The van der Waals surface area contributed by atoms with Gasteiger partial charge in [0.15, 0.2) is 0 Å². The zero-order valence-corrected chi connectivity index (χ0v) is 13.5. The van der Waals surface area contributed by atoms with Gasteiger partial charge in [0.05, 0.1) is 0 Å². The van der Waals surface area contributed by atoms with Gasteiger partial charge in [-0.25, -0.2) is 0 Å². The molecule has 2 N–H and O–H groups in total. The summed E-state index contributed by atoms with van der Waals surface area (Å²) in [7, 11) is 0. The fourth-order valence-corrected chi connectivity index (χ4v) is 6.21. The molecule has 1 atom stereocenters. The Morgan fingerprint density at radius 2 is 1.48 bits per heavy atom. The van der Waals surface area contributed by atoms with E-state index in [4.69, 9.17) is 5.73 Å². The molecule has 4 bridgehead atoms. The average Bonchev–Trinajstić information content (AvgIpc) is 2.42. The van der Waals surface area contributed by atoms with Crippen LogP contribution in [0.2, 0.25) is 0 Å². The largest absolute Gasteiger partial charge is 0.327 e. The molecule has 114 valence electrons. The molecule has 0 aliphatic heterocycles. The lowest BCUT2D eigenvalue weighted by Gasteiger charge is -2.56. The minimum absolute atomic E-state index is 0.375. The third-order valence-electron chi connectivity index (χ3n) is 6.88. The SMILES string of the molecule is Cc1cccc(C)c1CC(N)C1C2CC3CC(C2)CC1C3. The van der Waals surface area contributed by atoms with Crippen molar-refractivity contribution >= 4 is 0 Å². The molecule has 1 nitrogen and oxygen atoms in total. The predicted octanol–water partition coefficient (Wildman–Crippen LogP) is 4.25. The molecule has 0 aromatic heterocycles. The van der Waals surface area contributed by atoms with Crippen LogP contribution >= 0.6 is 0 Å². The quantitative estimate of drug-likeness (QED) is 0.882. The minimum atomic E-state index is 0.375. The molecule has 4 saturated carbocycles. The second kappa shape index (κ2) is 5.12. The van der Waals surface area contributed by atoms with Crippen molar-refractivity contribution in [3.05, 3.63) is 34.9 Å². The first kappa shape index (κ1) is 13.8. The maximum Gasteiger partial charge on any atom is 0.0113 e. The number of benzene rings is 1. The molecule has 1 aromatic rings. The van der Waals surface area contributed by atoms with E-state index in [1.807, 2.05) is 0 Å². The summed E-state index contributed by atoms with van der Waals surface area (Å²) in [5, 5.41) is 0. The van der Waals surface area contributed by atoms with Gasteiger partial charge in [-0.2, -0.15) is 0 Å². The van der Waals surface area contributed by atoms with Gasteiger partial charge in [0, 0.05) is 6.04 Å². The lowest BCUT2D eigenvalue weighted by atomic mass is 9.50. The van der Waals surface area contributed by atoms with E-state index >= 15 is 0 Å². The lowest BCUT2D eigenvalue weighted by Crippen LogP contribution is -2.52. The Hall–Kier alpha value is -0.820. The molecule has 0 saturated heterocycles. The number of rotatable bonds is 3. The first-order valence-electron chi connectivity index (χ1n) is 8.92. The summed E-state index contributed by atoms with van der Waals surface area (Å²) in [6.07, 6.45) is 8.56. The van der Waals surface area contributed by atoms with Crippen molar-refractivity contribution in [1.29, 1.82) is 0 Å². The summed E-state index contributed by atoms with van der Waals surface area (Å²) in [5.41, 5.74) is 11.1. The van der Waals surface area contributed by atoms with Gasteiger partial charge >= 0.3 is 0 Å². The maximum absolute atomic E-state index is 6.77. The molecule has 1 aromatic carbocycles. The summed E-state index contributed by atoms with van der Waals surface area (Å²) in [6.45, 7) is 4.48. The van der Waals surface area contributed by atoms with E-state index < -0.39 is 0 Å². The minimum Gasteiger partial charge on any atom is -0.327 e. The van der Waals surface area contributed by atoms with Crippen molar-refractivity contribution in [1.82, 2.24) is 0 Å². The summed E-state index contributed by atoms with van der Waals surface area (Å²) < 4.78 is 0. The molecule has 5 rings (SSSR count). The van der Waals surface area contributed by atoms with Crippen LogP contribution in [0.5, 0.6) is 0 Å². The Kier molecular flexibility index (Phi) is 3.37. The molecule has 4 aliphatic rings. The molecule has 0 radical (unpaired) electrons. The fraction of sp³-hybridized carbons (Fsp3) is 0.700. The maximum atomic E-state index is 6.77. The molecule has 1 heteroatoms. The van der Waals surface area contributed by atoms with E-state index in [9.17, 15) is 0 Å². The highest BCUT2D eigenvalue weighted by Crippen LogP contribution is 2.57. The van der Waals surface area contributed by atoms with E-state index in [-0.39, 0.29) is 0 Å². The second-order valence-electron chi connectivity index (χ2n) is 8.25. The van der Waals surface area contributed by atoms with Gasteiger partial charge in [-0.15, -0.1) is 0 Å². The topological polar surface area (TPSA) is 26.0 Å². The molecular weight excluding hydrogens is 254 g/mol. The van der Waals surface area contributed by atoms with Crippen molar-refractivity contribution in [2.45, 2.75) is 58.4 Å². The molecule has 0 heterocycles. The smallest absolute Gasteiger partial charge is 0.0113 e. The Morgan fingerprint density at radius 1 is 0.952 bits per heavy atom. The van der Waals surface area contributed by atoms with Crippen LogP contribution in [0.15, 0.2) is 18.2 Å². The van der Waals surface area contributed by atoms with Crippen LogP contribution < -0.4 is 5.73 Å². The zero-order chi connectivity index (χ0) is 14.6. The van der Waals surface area contributed by atoms with E-state index in [2.05, 4.69) is 32.0 Å². The van der Waals surface area contributed by atoms with Crippen molar-refractivity contribution in [3.63, 3.8) is 0 Å². The monoisotopic (exact) mass is 283 g/mol. The van der Waals surface area contributed by atoms with Gasteiger partial charge in [0.2, 0.25) is 0 Å². The summed E-state index contributed by atoms with van der Waals surface area (Å²) in [6, 6.07) is 7.03. The number of hydrogen-bond donors (Lipinski definition) is 1. The second-order valence-corrected chi connectivity index (χ2v) is 8.25. The number of hydrogen-bond acceptors (Lipinski definition) is 1. The lowest BCUT2D eigenvalue weighted by molar-refractivity contribution is -0.0465. The van der Waals surface area contributed by atoms with Crippen LogP contribution in [0, 0.1) is 43.4 Å². The Labute approximate surface area is 129 Å². The standard InChI is InChI=1S/C20H29N/c1-12-4-3-5-13(2)18(12)11-19(21)20-16-7-14-6-15(9-16)10-17(20)8-14/h3-5,14-17,19-20H,6-11,21H2,1-2H3. The summed E-state index contributed by atoms with van der Waals surface area (Å²) >= 11 is 0. The Balaban J connectivity index is 1.54. The predicted molar refractivity (Wildman–Crippen MR) is 88.1 cm³/mol. The highest BCUT2D eigenvalue weighted by molar-refractivity contribution is 5.34. The molecule has 0 spiro atoms. The highest BCUT2D eigenvalue weighted by Gasteiger charge is 2.49. The molecular formula is C20H29N. The van der Waals surface area contributed by atoms with Gasteiger partial charge < -0.3 is 5.73 Å². The molecule has 0 amide bonds. The summed E-state index contributed by atoms with van der Waals surface area (Å²) in [5.74, 6) is 4.80. The fourth-order valence-electron chi connectivity index (χ4n) is 6.21. The zero-order valence-electron chi connectivity index (χ0n) is 13.5. The summed E-state index contributed by atoms with van der Waals surface area (Å²) in [4.78, 5) is 0. The molecule has 21 heavy (non-hydrogen) atoms. The van der Waals surface area contributed by atoms with Crippen molar-refractivity contribution in [2.24, 2.45) is 35.3 Å². The Morgan fingerprint density at radius 3 is 2.00 bits per heavy atom. The third kappa shape index (κ3) is 2.34. The number of nitrogens with two attached hydrogens (primary N) is 1. The van der Waals surface area contributed by atoms with Crippen LogP contribution in [0.3, 0.4) is 0 Å². The molecule has 4 aliphatic carbocycles. The Bertz CT molecular complexity index is 484. The van der Waals surface area contributed by atoms with Crippen LogP contribution in [-0.4, -0.2) is 6.04 Å². The number of aryl methyl sites for hydroxylation is 2. The van der Waals surface area contributed by atoms with Crippen molar-refractivity contribution in [3.8, 4) is 0 Å². The van der Waals surface area contributed by atoms with E-state index in [1.54, 1.807) is 0 Å². The van der Waals surface area contributed by atoms with Gasteiger partial charge in [0.25, 0.3) is 0 Å². The first-order chi connectivity index (χ1) is 10.1. The first-order valence-corrected chi connectivity index (χ1v) is 8.92. The van der Waals surface area contributed by atoms with Gasteiger partial charge in [-0.1, -0.05) is 18.2 Å². The van der Waals surface area contributed by atoms with Crippen LogP contribution in [0.4, 0.5) is 0 Å². The van der Waals surface area contributed by atoms with Gasteiger partial charge in [-0.05, 0) is 98.7 Å². The van der Waals surface area contributed by atoms with Gasteiger partial charge in [-0.3, -0.25) is 0 Å². The van der Waals surface area contributed by atoms with E-state index in [0.717, 1.165) is 36.0 Å². The third-order valence-corrected chi connectivity index (χ3v) is 6.88. The highest BCUT2D eigenvalue weighted by atomic mass is 14.7. The molecule has 4 fully saturated rings. The van der Waals surface area contributed by atoms with Crippen LogP contribution in [0.25, 0.3) is 0 Å². The molecule has 1 unspecified atom stereocenters. The van der Waals surface area contributed by atoms with Gasteiger partial charge in [0.1, 0.15) is 0 Å². The van der Waals surface area contributed by atoms with E-state index in [1.165, 1.54) is 48.8 Å². The normalized spacial score (nSPS) is 38.7. The average molecular weight is 283 g/mol. The van der Waals surface area contributed by atoms with Crippen LogP contribution in [-0.2, 0) is 6.42 Å².